The predicted octanol–water partition coefficient (Wildman–Crippen LogP) is -3.61. The molecule has 0 bridgehead atoms. The number of hydrogen-bond acceptors (Lipinski definition) is 7. The number of carbonyl (C=O) groups is 4. The Balaban J connectivity index is -0.000000105. The van der Waals surface area contributed by atoms with Crippen molar-refractivity contribution in [3.63, 3.8) is 0 Å². The molecule has 0 saturated carbocycles. The van der Waals surface area contributed by atoms with Crippen LogP contribution >= 0.6 is 0 Å². The number of carbonyl (C=O) groups excluding carboxylic acids is 2. The number of hydrogen-bond donors (Lipinski definition) is 3. The van der Waals surface area contributed by atoms with Crippen molar-refractivity contribution >= 4 is 61.6 Å². The van der Waals surface area contributed by atoms with Crippen LogP contribution in [0.5, 0.6) is 0 Å². The summed E-state index contributed by atoms with van der Waals surface area (Å²) >= 11 is 0. The van der Waals surface area contributed by atoms with Crippen molar-refractivity contribution < 1.29 is 39.6 Å². The molecule has 4 N–H and O–H groups in total. The van der Waals surface area contributed by atoms with E-state index in [1.807, 2.05) is 0 Å². The largest absolute Gasteiger partial charge is 2.00 e. The van der Waals surface area contributed by atoms with E-state index in [4.69, 9.17) is 35.7 Å². The Morgan fingerprint density at radius 2 is 1.32 bits per heavy atom. The van der Waals surface area contributed by atoms with E-state index in [0.29, 0.717) is 0 Å². The first-order valence-corrected chi connectivity index (χ1v) is 4.56. The number of nitrogens with two attached hydrogens (primary N) is 1. The van der Waals surface area contributed by atoms with Crippen molar-refractivity contribution in [1.82, 2.24) is 0 Å². The minimum Gasteiger partial charge on any atom is -0.550 e. The van der Waals surface area contributed by atoms with E-state index in [1.54, 1.807) is 0 Å². The maximum atomic E-state index is 9.99. The number of rotatable bonds is 4. The second-order valence-corrected chi connectivity index (χ2v) is 2.86. The molecule has 0 unspecified atom stereocenters. The van der Waals surface area contributed by atoms with Gasteiger partial charge in [0.2, 0.25) is 0 Å². The van der Waals surface area contributed by atoms with Crippen LogP contribution in [0.3, 0.4) is 0 Å². The van der Waals surface area contributed by atoms with E-state index >= 15 is 0 Å². The Morgan fingerprint density at radius 1 is 1.05 bits per heavy atom. The molecule has 0 fully saturated rings. The van der Waals surface area contributed by atoms with Crippen LogP contribution in [-0.2, 0) is 19.2 Å². The number of aliphatic carboxylic acids is 4. The van der Waals surface area contributed by atoms with Crippen molar-refractivity contribution in [2.24, 2.45) is 5.73 Å². The van der Waals surface area contributed by atoms with Gasteiger partial charge in [-0.2, -0.15) is 0 Å². The molecule has 0 rings (SSSR count). The Kier molecular flexibility index (Phi) is 24.0. The van der Waals surface area contributed by atoms with Crippen LogP contribution in [0.25, 0.3) is 0 Å². The first-order valence-electron chi connectivity index (χ1n) is 4.56. The molecule has 0 aromatic carbocycles. The van der Waals surface area contributed by atoms with Gasteiger partial charge in [-0.3, -0.25) is 9.59 Å². The smallest absolute Gasteiger partial charge is 0.550 e. The van der Waals surface area contributed by atoms with E-state index < -0.39 is 29.9 Å². The summed E-state index contributed by atoms with van der Waals surface area (Å²) in [5.41, 5.74) is 5.00. The number of carboxylic acid groups (broad SMARTS) is 4. The van der Waals surface area contributed by atoms with Crippen molar-refractivity contribution in [3.05, 3.63) is 0 Å². The molecule has 0 aliphatic heterocycles. The fraction of sp³-hybridized carbons (Fsp3) is 0.556. The van der Waals surface area contributed by atoms with Crippen LogP contribution in [0.15, 0.2) is 0 Å². The molecule has 0 aliphatic rings. The van der Waals surface area contributed by atoms with Crippen molar-refractivity contribution in [1.29, 1.82) is 0 Å². The summed E-state index contributed by atoms with van der Waals surface area (Å²) in [7, 11) is 0. The maximum Gasteiger partial charge on any atom is 2.00 e. The van der Waals surface area contributed by atoms with Gasteiger partial charge in [0, 0.05) is 18.4 Å². The summed E-state index contributed by atoms with van der Waals surface area (Å²) in [5.74, 6) is -4.36. The third kappa shape index (κ3) is 59.4. The van der Waals surface area contributed by atoms with E-state index in [-0.39, 0.29) is 50.6 Å². The molecule has 0 spiro atoms. The van der Waals surface area contributed by atoms with E-state index in [1.165, 1.54) is 0 Å². The van der Waals surface area contributed by atoms with Gasteiger partial charge in [0.25, 0.3) is 0 Å². The molecule has 9 nitrogen and oxygen atoms in total. The third-order valence-electron chi connectivity index (χ3n) is 0.986. The van der Waals surface area contributed by atoms with Crippen molar-refractivity contribution in [2.45, 2.75) is 32.7 Å². The molecule has 0 aromatic heterocycles. The second-order valence-electron chi connectivity index (χ2n) is 2.86. The van der Waals surface area contributed by atoms with Gasteiger partial charge in [0.05, 0.1) is 0 Å². The first kappa shape index (κ1) is 26.6. The second kappa shape index (κ2) is 17.1. The SMILES string of the molecule is CC(=O)[O-].CC(=O)[O-].N[C@@H](CCC(=O)O)C(=O)O.[Ca+2]. The molecule has 10 heteroatoms. The molecule has 106 valence electrons. The minimum absolute atomic E-state index is 0. The minimum atomic E-state index is -1.17. The van der Waals surface area contributed by atoms with Gasteiger partial charge in [-0.15, -0.1) is 0 Å². The van der Waals surface area contributed by atoms with Gasteiger partial charge in [-0.25, -0.2) is 0 Å². The average molecular weight is 305 g/mol. The van der Waals surface area contributed by atoms with Gasteiger partial charge in [-0.05, 0) is 20.3 Å². The van der Waals surface area contributed by atoms with Crippen LogP contribution in [0.2, 0.25) is 0 Å². The Bertz CT molecular complexity index is 274. The molecule has 0 amide bonds. The zero-order chi connectivity index (χ0) is 15.3. The molecule has 0 aromatic rings. The van der Waals surface area contributed by atoms with Gasteiger partial charge in [0.15, 0.2) is 0 Å². The summed E-state index contributed by atoms with van der Waals surface area (Å²) < 4.78 is 0. The van der Waals surface area contributed by atoms with Gasteiger partial charge in [0.1, 0.15) is 6.04 Å². The third-order valence-corrected chi connectivity index (χ3v) is 0.986. The fourth-order valence-corrected chi connectivity index (χ4v) is 0.402. The summed E-state index contributed by atoms with van der Waals surface area (Å²) in [6.07, 6.45) is -0.224. The quantitative estimate of drug-likeness (QED) is 0.442. The van der Waals surface area contributed by atoms with E-state index in [2.05, 4.69) is 0 Å². The van der Waals surface area contributed by atoms with E-state index in [9.17, 15) is 9.59 Å². The molecule has 1 atom stereocenters. The maximum absolute atomic E-state index is 9.99. The molecule has 0 radical (unpaired) electrons. The van der Waals surface area contributed by atoms with Crippen LogP contribution in [-0.4, -0.2) is 77.9 Å². The normalized spacial score (nSPS) is 9.21. The average Bonchev–Trinajstić information content (AvgIpc) is 2.11. The van der Waals surface area contributed by atoms with Crippen molar-refractivity contribution in [3.8, 4) is 0 Å². The Labute approximate surface area is 139 Å². The van der Waals surface area contributed by atoms with Crippen molar-refractivity contribution in [2.75, 3.05) is 0 Å². The molecule has 0 saturated heterocycles. The molecule has 0 heterocycles. The molecule has 0 aliphatic carbocycles. The summed E-state index contributed by atoms with van der Waals surface area (Å²) in [6.45, 7) is 1.94. The van der Waals surface area contributed by atoms with Crippen LogP contribution in [0.1, 0.15) is 26.7 Å². The monoisotopic (exact) mass is 305 g/mol. The van der Waals surface area contributed by atoms with Crippen LogP contribution < -0.4 is 15.9 Å². The topological polar surface area (TPSA) is 181 Å². The zero-order valence-corrected chi connectivity index (χ0v) is 12.8. The first-order chi connectivity index (χ1) is 8.00. The van der Waals surface area contributed by atoms with E-state index in [0.717, 1.165) is 13.8 Å². The van der Waals surface area contributed by atoms with Crippen LogP contribution in [0, 0.1) is 0 Å². The summed E-state index contributed by atoms with van der Waals surface area (Å²) in [4.78, 5) is 37.6. The zero-order valence-electron chi connectivity index (χ0n) is 10.6. The Morgan fingerprint density at radius 3 is 1.47 bits per heavy atom. The summed E-state index contributed by atoms with van der Waals surface area (Å²) in [5, 5.41) is 34.1. The predicted molar refractivity (Wildman–Crippen MR) is 59.6 cm³/mol. The number of carboxylic acids is 4. The summed E-state index contributed by atoms with van der Waals surface area (Å²) in [6, 6.07) is -1.06. The standard InChI is InChI=1S/C5H9NO4.2C2H4O2.Ca/c6-3(5(9)10)1-2-4(7)8;2*1-2(3)4;/h3H,1-2,6H2,(H,7,8)(H,9,10);2*1H3,(H,3,4);/q;;;+2/p-2/t3-;;;/m0.../s1. The van der Waals surface area contributed by atoms with Gasteiger partial charge < -0.3 is 35.7 Å². The van der Waals surface area contributed by atoms with Gasteiger partial charge >= 0.3 is 49.7 Å². The molecular weight excluding hydrogens is 290 g/mol. The van der Waals surface area contributed by atoms with Crippen LogP contribution in [0.4, 0.5) is 0 Å². The van der Waals surface area contributed by atoms with Gasteiger partial charge in [-0.1, -0.05) is 0 Å². The fourth-order valence-electron chi connectivity index (χ4n) is 0.402. The molecular formula is C9H15CaNO8. The molecule has 19 heavy (non-hydrogen) atoms. The Hall–Kier alpha value is -0.900.